The van der Waals surface area contributed by atoms with Crippen LogP contribution in [0.15, 0.2) is 47.8 Å². The second-order valence-corrected chi connectivity index (χ2v) is 6.74. The van der Waals surface area contributed by atoms with Crippen LogP contribution in [-0.4, -0.2) is 23.9 Å². The van der Waals surface area contributed by atoms with Gasteiger partial charge in [-0.05, 0) is 36.4 Å². The minimum absolute atomic E-state index is 0.145. The summed E-state index contributed by atoms with van der Waals surface area (Å²) in [6.07, 6.45) is 2.99. The Hall–Kier alpha value is -1.65. The van der Waals surface area contributed by atoms with Crippen LogP contribution in [0.1, 0.15) is 35.7 Å². The summed E-state index contributed by atoms with van der Waals surface area (Å²) in [6, 6.07) is 15.2. The number of hydrogen-bond acceptors (Lipinski definition) is 3. The Bertz CT molecular complexity index is 582. The summed E-state index contributed by atoms with van der Waals surface area (Å²) < 4.78 is 0. The summed E-state index contributed by atoms with van der Waals surface area (Å²) in [4.78, 5) is 15.7. The van der Waals surface area contributed by atoms with Crippen molar-refractivity contribution in [3.63, 3.8) is 0 Å². The van der Waals surface area contributed by atoms with Crippen molar-refractivity contribution in [1.29, 1.82) is 0 Å². The highest BCUT2D eigenvalue weighted by Gasteiger charge is 2.25. The molecule has 0 radical (unpaired) electrons. The molecule has 1 aliphatic rings. The van der Waals surface area contributed by atoms with Gasteiger partial charge in [-0.1, -0.05) is 36.4 Å². The summed E-state index contributed by atoms with van der Waals surface area (Å²) in [5, 5.41) is 5.05. The van der Waals surface area contributed by atoms with Crippen LogP contribution in [-0.2, 0) is 11.3 Å². The second kappa shape index (κ2) is 7.56. The van der Waals surface area contributed by atoms with E-state index < -0.39 is 0 Å². The predicted molar refractivity (Wildman–Crippen MR) is 90.8 cm³/mol. The smallest absolute Gasteiger partial charge is 0.221 e. The number of hydrogen-bond donors (Lipinski definition) is 1. The minimum Gasteiger partial charge on any atom is -0.351 e. The lowest BCUT2D eigenvalue weighted by Gasteiger charge is -2.24. The van der Waals surface area contributed by atoms with E-state index >= 15 is 0 Å². The Morgan fingerprint density at radius 3 is 2.86 bits per heavy atom. The molecule has 2 aromatic rings. The van der Waals surface area contributed by atoms with Gasteiger partial charge in [-0.3, -0.25) is 9.69 Å². The molecule has 1 saturated heterocycles. The van der Waals surface area contributed by atoms with Gasteiger partial charge in [0.1, 0.15) is 0 Å². The molecule has 4 heteroatoms. The van der Waals surface area contributed by atoms with Crippen molar-refractivity contribution < 1.29 is 4.79 Å². The zero-order valence-corrected chi connectivity index (χ0v) is 13.5. The normalized spacial score (nSPS) is 18.5. The molecule has 22 heavy (non-hydrogen) atoms. The van der Waals surface area contributed by atoms with Crippen molar-refractivity contribution in [1.82, 2.24) is 10.2 Å². The van der Waals surface area contributed by atoms with E-state index in [-0.39, 0.29) is 5.91 Å². The zero-order valence-electron chi connectivity index (χ0n) is 12.7. The first-order chi connectivity index (χ1) is 10.8. The van der Waals surface area contributed by atoms with Gasteiger partial charge in [0.25, 0.3) is 0 Å². The SMILES string of the molecule is O=C(CCN1CCC[C@H]1c1ccccc1)NCc1cccs1. The van der Waals surface area contributed by atoms with Crippen LogP contribution < -0.4 is 5.32 Å². The van der Waals surface area contributed by atoms with Crippen molar-refractivity contribution in [2.24, 2.45) is 0 Å². The molecule has 0 aliphatic carbocycles. The molecule has 0 saturated carbocycles. The molecule has 1 amide bonds. The first kappa shape index (κ1) is 15.3. The molecule has 1 N–H and O–H groups in total. The highest BCUT2D eigenvalue weighted by Crippen LogP contribution is 2.31. The van der Waals surface area contributed by atoms with Gasteiger partial charge < -0.3 is 5.32 Å². The number of carbonyl (C=O) groups is 1. The van der Waals surface area contributed by atoms with E-state index in [0.29, 0.717) is 19.0 Å². The van der Waals surface area contributed by atoms with E-state index in [1.165, 1.54) is 23.3 Å². The molecule has 1 atom stereocenters. The number of carbonyl (C=O) groups excluding carboxylic acids is 1. The third-order valence-corrected chi connectivity index (χ3v) is 5.09. The fraction of sp³-hybridized carbons (Fsp3) is 0.389. The molecule has 1 fully saturated rings. The summed E-state index contributed by atoms with van der Waals surface area (Å²) in [5.41, 5.74) is 1.37. The van der Waals surface area contributed by atoms with Crippen LogP contribution in [0.2, 0.25) is 0 Å². The van der Waals surface area contributed by atoms with Gasteiger partial charge in [-0.25, -0.2) is 0 Å². The van der Waals surface area contributed by atoms with E-state index in [2.05, 4.69) is 46.6 Å². The first-order valence-electron chi connectivity index (χ1n) is 7.91. The van der Waals surface area contributed by atoms with Gasteiger partial charge in [-0.15, -0.1) is 11.3 Å². The summed E-state index contributed by atoms with van der Waals surface area (Å²) >= 11 is 1.68. The van der Waals surface area contributed by atoms with E-state index in [4.69, 9.17) is 0 Å². The molecular formula is C18H22N2OS. The average molecular weight is 314 g/mol. The van der Waals surface area contributed by atoms with Gasteiger partial charge in [0, 0.05) is 23.9 Å². The molecule has 1 aliphatic heterocycles. The molecule has 2 heterocycles. The van der Waals surface area contributed by atoms with Gasteiger partial charge in [0.05, 0.1) is 6.54 Å². The second-order valence-electron chi connectivity index (χ2n) is 5.71. The van der Waals surface area contributed by atoms with Crippen LogP contribution in [0.5, 0.6) is 0 Å². The first-order valence-corrected chi connectivity index (χ1v) is 8.79. The maximum Gasteiger partial charge on any atom is 0.221 e. The number of benzene rings is 1. The topological polar surface area (TPSA) is 32.3 Å². The summed E-state index contributed by atoms with van der Waals surface area (Å²) in [6.45, 7) is 2.59. The lowest BCUT2D eigenvalue weighted by molar-refractivity contribution is -0.121. The maximum absolute atomic E-state index is 12.0. The van der Waals surface area contributed by atoms with Crippen molar-refractivity contribution >= 4 is 17.2 Å². The molecule has 0 spiro atoms. The van der Waals surface area contributed by atoms with Crippen molar-refractivity contribution in [2.45, 2.75) is 31.8 Å². The third-order valence-electron chi connectivity index (χ3n) is 4.21. The van der Waals surface area contributed by atoms with Crippen LogP contribution in [0, 0.1) is 0 Å². The molecule has 0 unspecified atom stereocenters. The largest absolute Gasteiger partial charge is 0.351 e. The van der Waals surface area contributed by atoms with E-state index in [1.54, 1.807) is 11.3 Å². The highest BCUT2D eigenvalue weighted by molar-refractivity contribution is 7.09. The Balaban J connectivity index is 1.47. The van der Waals surface area contributed by atoms with E-state index in [9.17, 15) is 4.79 Å². The van der Waals surface area contributed by atoms with Crippen LogP contribution in [0.4, 0.5) is 0 Å². The van der Waals surface area contributed by atoms with Crippen molar-refractivity contribution in [3.8, 4) is 0 Å². The van der Waals surface area contributed by atoms with Crippen LogP contribution in [0.3, 0.4) is 0 Å². The van der Waals surface area contributed by atoms with Gasteiger partial charge in [0.15, 0.2) is 0 Å². The molecule has 1 aromatic heterocycles. The van der Waals surface area contributed by atoms with Crippen LogP contribution in [0.25, 0.3) is 0 Å². The Morgan fingerprint density at radius 1 is 1.23 bits per heavy atom. The Kier molecular flexibility index (Phi) is 5.24. The van der Waals surface area contributed by atoms with Crippen LogP contribution >= 0.6 is 11.3 Å². The molecule has 0 bridgehead atoms. The van der Waals surface area contributed by atoms with E-state index in [0.717, 1.165) is 13.1 Å². The molecule has 1 aromatic carbocycles. The van der Waals surface area contributed by atoms with Crippen molar-refractivity contribution in [3.05, 3.63) is 58.3 Å². The minimum atomic E-state index is 0.145. The van der Waals surface area contributed by atoms with Gasteiger partial charge in [0.2, 0.25) is 5.91 Å². The molecule has 116 valence electrons. The predicted octanol–water partition coefficient (Wildman–Crippen LogP) is 3.59. The quantitative estimate of drug-likeness (QED) is 0.883. The molecular weight excluding hydrogens is 292 g/mol. The molecule has 3 nitrogen and oxygen atoms in total. The number of nitrogens with one attached hydrogen (secondary N) is 1. The lowest BCUT2D eigenvalue weighted by Crippen LogP contribution is -2.30. The van der Waals surface area contributed by atoms with E-state index in [1.807, 2.05) is 11.4 Å². The fourth-order valence-corrected chi connectivity index (χ4v) is 3.72. The number of rotatable bonds is 6. The fourth-order valence-electron chi connectivity index (χ4n) is 3.08. The Labute approximate surface area is 136 Å². The third kappa shape index (κ3) is 3.96. The van der Waals surface area contributed by atoms with Gasteiger partial charge >= 0.3 is 0 Å². The Morgan fingerprint density at radius 2 is 2.09 bits per heavy atom. The molecule has 3 rings (SSSR count). The zero-order chi connectivity index (χ0) is 15.2. The monoisotopic (exact) mass is 314 g/mol. The lowest BCUT2D eigenvalue weighted by atomic mass is 10.0. The van der Waals surface area contributed by atoms with Crippen molar-refractivity contribution in [2.75, 3.05) is 13.1 Å². The summed E-state index contributed by atoms with van der Waals surface area (Å²) in [7, 11) is 0. The number of amides is 1. The average Bonchev–Trinajstić information content (AvgIpc) is 3.23. The summed E-state index contributed by atoms with van der Waals surface area (Å²) in [5.74, 6) is 0.145. The standard InChI is InChI=1S/C18H22N2OS/c21-18(19-14-16-8-5-13-22-16)10-12-20-11-4-9-17(20)15-6-2-1-3-7-15/h1-3,5-8,13,17H,4,9-12,14H2,(H,19,21)/t17-/m0/s1. The van der Waals surface area contributed by atoms with Gasteiger partial charge in [-0.2, -0.15) is 0 Å². The number of thiophene rings is 1. The maximum atomic E-state index is 12.0. The number of nitrogens with zero attached hydrogens (tertiary/aromatic N) is 1. The number of likely N-dealkylation sites (tertiary alicyclic amines) is 1. The highest BCUT2D eigenvalue weighted by atomic mass is 32.1.